The van der Waals surface area contributed by atoms with Gasteiger partial charge in [-0.25, -0.2) is 8.42 Å². The van der Waals surface area contributed by atoms with Gasteiger partial charge in [0.2, 0.25) is 11.8 Å². The van der Waals surface area contributed by atoms with Crippen LogP contribution in [0.3, 0.4) is 0 Å². The molecule has 2 unspecified atom stereocenters. The van der Waals surface area contributed by atoms with Gasteiger partial charge < -0.3 is 24.4 Å². The fourth-order valence-electron chi connectivity index (χ4n) is 4.70. The SMILES string of the molecule is CCC(C)NC(=O)C(C)N(Cc1ccc(OC)cc1)C(=O)CN(c1cc(C)cc(C)c1)S(=O)(=O)c1ccc(OC)c(OC)c1. The van der Waals surface area contributed by atoms with Gasteiger partial charge in [0.25, 0.3) is 10.0 Å². The maximum atomic E-state index is 14.3. The Balaban J connectivity index is 2.10. The molecule has 0 heterocycles. The lowest BCUT2D eigenvalue weighted by Crippen LogP contribution is -2.52. The summed E-state index contributed by atoms with van der Waals surface area (Å²) in [6.07, 6.45) is 0.717. The number of nitrogens with zero attached hydrogens (tertiary/aromatic N) is 2. The summed E-state index contributed by atoms with van der Waals surface area (Å²) >= 11 is 0. The molecule has 0 fully saturated rings. The highest BCUT2D eigenvalue weighted by molar-refractivity contribution is 7.92. The molecule has 238 valence electrons. The summed E-state index contributed by atoms with van der Waals surface area (Å²) < 4.78 is 45.5. The number of methoxy groups -OCH3 is 3. The average Bonchev–Trinajstić information content (AvgIpc) is 3.01. The fraction of sp³-hybridized carbons (Fsp3) is 0.394. The van der Waals surface area contributed by atoms with E-state index in [9.17, 15) is 18.0 Å². The highest BCUT2D eigenvalue weighted by Crippen LogP contribution is 2.33. The molecule has 0 spiro atoms. The van der Waals surface area contributed by atoms with E-state index in [4.69, 9.17) is 14.2 Å². The number of benzene rings is 3. The molecule has 0 saturated heterocycles. The molecule has 11 heteroatoms. The highest BCUT2D eigenvalue weighted by Gasteiger charge is 2.33. The van der Waals surface area contributed by atoms with Gasteiger partial charge in [0.05, 0.1) is 31.9 Å². The zero-order valence-electron chi connectivity index (χ0n) is 26.7. The number of rotatable bonds is 14. The first-order valence-electron chi connectivity index (χ1n) is 14.4. The van der Waals surface area contributed by atoms with Gasteiger partial charge in [-0.05, 0) is 87.2 Å². The zero-order chi connectivity index (χ0) is 32.6. The number of nitrogens with one attached hydrogen (secondary N) is 1. The first kappa shape index (κ1) is 34.2. The Morgan fingerprint density at radius 1 is 0.841 bits per heavy atom. The molecular weight excluding hydrogens is 582 g/mol. The van der Waals surface area contributed by atoms with Crippen LogP contribution in [0.15, 0.2) is 65.6 Å². The van der Waals surface area contributed by atoms with Crippen molar-refractivity contribution < 1.29 is 32.2 Å². The van der Waals surface area contributed by atoms with E-state index in [2.05, 4.69) is 5.32 Å². The van der Waals surface area contributed by atoms with Crippen LogP contribution in [0, 0.1) is 13.8 Å². The number of aryl methyl sites for hydroxylation is 2. The van der Waals surface area contributed by atoms with Crippen LogP contribution in [-0.2, 0) is 26.2 Å². The van der Waals surface area contributed by atoms with E-state index in [-0.39, 0.29) is 29.1 Å². The third kappa shape index (κ3) is 8.22. The van der Waals surface area contributed by atoms with Crippen molar-refractivity contribution in [1.29, 1.82) is 0 Å². The Morgan fingerprint density at radius 3 is 2.00 bits per heavy atom. The van der Waals surface area contributed by atoms with Crippen molar-refractivity contribution in [1.82, 2.24) is 10.2 Å². The molecule has 0 bridgehead atoms. The van der Waals surface area contributed by atoms with Gasteiger partial charge in [-0.15, -0.1) is 0 Å². The third-order valence-corrected chi connectivity index (χ3v) is 9.17. The van der Waals surface area contributed by atoms with Crippen molar-refractivity contribution in [3.63, 3.8) is 0 Å². The quantitative estimate of drug-likeness (QED) is 0.272. The Labute approximate surface area is 261 Å². The fourth-order valence-corrected chi connectivity index (χ4v) is 6.12. The minimum absolute atomic E-state index is 0.0774. The zero-order valence-corrected chi connectivity index (χ0v) is 27.5. The molecule has 2 atom stereocenters. The van der Waals surface area contributed by atoms with E-state index in [1.165, 1.54) is 37.3 Å². The first-order chi connectivity index (χ1) is 20.8. The van der Waals surface area contributed by atoms with Gasteiger partial charge >= 0.3 is 0 Å². The summed E-state index contributed by atoms with van der Waals surface area (Å²) in [5.74, 6) is 0.373. The minimum atomic E-state index is -4.29. The molecule has 2 amide bonds. The minimum Gasteiger partial charge on any atom is -0.497 e. The van der Waals surface area contributed by atoms with Crippen molar-refractivity contribution in [2.24, 2.45) is 0 Å². The Morgan fingerprint density at radius 2 is 1.45 bits per heavy atom. The molecule has 44 heavy (non-hydrogen) atoms. The monoisotopic (exact) mass is 625 g/mol. The van der Waals surface area contributed by atoms with Crippen LogP contribution in [0.25, 0.3) is 0 Å². The summed E-state index contributed by atoms with van der Waals surface area (Å²) in [6.45, 7) is 8.73. The molecule has 3 aromatic rings. The van der Waals surface area contributed by atoms with Crippen LogP contribution < -0.4 is 23.8 Å². The van der Waals surface area contributed by atoms with E-state index in [1.807, 2.05) is 33.8 Å². The molecule has 1 N–H and O–H groups in total. The first-order valence-corrected chi connectivity index (χ1v) is 15.8. The predicted molar refractivity (Wildman–Crippen MR) is 171 cm³/mol. The van der Waals surface area contributed by atoms with Crippen LogP contribution in [0.4, 0.5) is 5.69 Å². The van der Waals surface area contributed by atoms with Crippen LogP contribution in [0.2, 0.25) is 0 Å². The molecule has 0 aromatic heterocycles. The number of carbonyl (C=O) groups is 2. The van der Waals surface area contributed by atoms with Crippen molar-refractivity contribution in [3.8, 4) is 17.2 Å². The lowest BCUT2D eigenvalue weighted by atomic mass is 10.1. The average molecular weight is 626 g/mol. The molecular formula is C33H43N3O7S. The van der Waals surface area contributed by atoms with E-state index < -0.39 is 28.5 Å². The predicted octanol–water partition coefficient (Wildman–Crippen LogP) is 4.86. The normalized spacial score (nSPS) is 12.5. The van der Waals surface area contributed by atoms with Gasteiger partial charge in [-0.2, -0.15) is 0 Å². The number of hydrogen-bond donors (Lipinski definition) is 1. The largest absolute Gasteiger partial charge is 0.497 e. The Kier molecular flexibility index (Phi) is 11.6. The molecule has 3 rings (SSSR count). The number of hydrogen-bond acceptors (Lipinski definition) is 7. The number of carbonyl (C=O) groups excluding carboxylic acids is 2. The second kappa shape index (κ2) is 15.0. The summed E-state index contributed by atoms with van der Waals surface area (Å²) in [5, 5.41) is 2.94. The third-order valence-electron chi connectivity index (χ3n) is 7.40. The van der Waals surface area contributed by atoms with Crippen LogP contribution in [0.1, 0.15) is 43.9 Å². The number of ether oxygens (including phenoxy) is 3. The second-order valence-electron chi connectivity index (χ2n) is 10.7. The van der Waals surface area contributed by atoms with E-state index in [0.29, 0.717) is 17.2 Å². The van der Waals surface area contributed by atoms with Gasteiger partial charge in [0, 0.05) is 18.7 Å². The lowest BCUT2D eigenvalue weighted by molar-refractivity contribution is -0.139. The summed E-state index contributed by atoms with van der Waals surface area (Å²) in [7, 11) is 0.151. The van der Waals surface area contributed by atoms with Gasteiger partial charge in [0.15, 0.2) is 11.5 Å². The summed E-state index contributed by atoms with van der Waals surface area (Å²) in [6, 6.07) is 15.8. The van der Waals surface area contributed by atoms with E-state index >= 15 is 0 Å². The molecule has 0 saturated carbocycles. The molecule has 0 aliphatic heterocycles. The number of amides is 2. The van der Waals surface area contributed by atoms with E-state index in [0.717, 1.165) is 27.4 Å². The van der Waals surface area contributed by atoms with Crippen LogP contribution in [-0.4, -0.2) is 65.1 Å². The molecule has 0 aliphatic carbocycles. The molecule has 10 nitrogen and oxygen atoms in total. The second-order valence-corrected chi connectivity index (χ2v) is 12.6. The highest BCUT2D eigenvalue weighted by atomic mass is 32.2. The lowest BCUT2D eigenvalue weighted by Gasteiger charge is -2.32. The molecule has 0 aliphatic rings. The Bertz CT molecular complexity index is 1540. The molecule has 0 radical (unpaired) electrons. The van der Waals surface area contributed by atoms with Gasteiger partial charge in [0.1, 0.15) is 18.3 Å². The maximum absolute atomic E-state index is 14.3. The van der Waals surface area contributed by atoms with Gasteiger partial charge in [-0.3, -0.25) is 13.9 Å². The Hall–Kier alpha value is -4.25. The number of anilines is 1. The maximum Gasteiger partial charge on any atom is 0.264 e. The van der Waals surface area contributed by atoms with Crippen molar-refractivity contribution in [2.45, 2.75) is 64.6 Å². The van der Waals surface area contributed by atoms with Crippen molar-refractivity contribution in [2.75, 3.05) is 32.2 Å². The molecule has 3 aromatic carbocycles. The van der Waals surface area contributed by atoms with Crippen LogP contribution in [0.5, 0.6) is 17.2 Å². The van der Waals surface area contributed by atoms with Crippen molar-refractivity contribution in [3.05, 3.63) is 77.4 Å². The van der Waals surface area contributed by atoms with Gasteiger partial charge in [-0.1, -0.05) is 25.1 Å². The van der Waals surface area contributed by atoms with Crippen molar-refractivity contribution >= 4 is 27.5 Å². The smallest absolute Gasteiger partial charge is 0.264 e. The van der Waals surface area contributed by atoms with E-state index in [1.54, 1.807) is 50.4 Å². The van der Waals surface area contributed by atoms with Crippen LogP contribution >= 0.6 is 0 Å². The summed E-state index contributed by atoms with van der Waals surface area (Å²) in [4.78, 5) is 28.8. The standard InChI is InChI=1S/C33H43N3O7S/c1-9-24(4)34-33(38)25(5)35(20-26-10-12-28(41-6)13-11-26)32(37)21-36(27-17-22(2)16-23(3)18-27)44(39,40)29-14-15-30(42-7)31(19-29)43-8/h10-19,24-25H,9,20-21H2,1-8H3,(H,34,38). The summed E-state index contributed by atoms with van der Waals surface area (Å²) in [5.41, 5.74) is 2.74. The topological polar surface area (TPSA) is 114 Å². The number of sulfonamides is 1.